The summed E-state index contributed by atoms with van der Waals surface area (Å²) in [7, 11) is 0. The average molecular weight is 299 g/mol. The van der Waals surface area contributed by atoms with E-state index in [9.17, 15) is 9.59 Å². The molecule has 1 amide bonds. The number of para-hydroxylation sites is 1. The molecular weight excluding hydrogens is 280 g/mol. The Balaban J connectivity index is 1.78. The summed E-state index contributed by atoms with van der Waals surface area (Å²) < 4.78 is 2.07. The van der Waals surface area contributed by atoms with Gasteiger partial charge in [0.2, 0.25) is 5.91 Å². The minimum Gasteiger partial charge on any atom is -0.478 e. The molecule has 5 nitrogen and oxygen atoms in total. The molecule has 1 heterocycles. The zero-order chi connectivity index (χ0) is 15.8. The average Bonchev–Trinajstić information content (AvgIpc) is 2.53. The number of carbonyl (C=O) groups excluding carboxylic acids is 1. The molecule has 5 heteroatoms. The Morgan fingerprint density at radius 1 is 1.00 bits per heavy atom. The van der Waals surface area contributed by atoms with Gasteiger partial charge in [-0.15, -0.1) is 0 Å². The number of nitrogens with one attached hydrogen (secondary N) is 1. The lowest BCUT2D eigenvalue weighted by Gasteiger charge is -2.07. The van der Waals surface area contributed by atoms with Gasteiger partial charge < -0.3 is 10.4 Å². The highest BCUT2D eigenvalue weighted by molar-refractivity contribution is 6.00. The Labute approximate surface area is 129 Å². The SMILES string of the molecule is O=C(CCCC[n+]1ccccc1)Nc1ccccc1C(=O)O. The van der Waals surface area contributed by atoms with E-state index in [0.29, 0.717) is 12.1 Å². The van der Waals surface area contributed by atoms with Gasteiger partial charge in [0.1, 0.15) is 6.54 Å². The Morgan fingerprint density at radius 3 is 2.45 bits per heavy atom. The molecule has 0 fully saturated rings. The van der Waals surface area contributed by atoms with Gasteiger partial charge in [-0.05, 0) is 18.6 Å². The molecule has 0 radical (unpaired) electrons. The largest absolute Gasteiger partial charge is 0.478 e. The molecule has 2 rings (SSSR count). The quantitative estimate of drug-likeness (QED) is 0.609. The first-order chi connectivity index (χ1) is 10.7. The molecule has 0 aliphatic rings. The number of hydrogen-bond donors (Lipinski definition) is 2. The smallest absolute Gasteiger partial charge is 0.337 e. The molecule has 114 valence electrons. The molecule has 2 aromatic rings. The highest BCUT2D eigenvalue weighted by atomic mass is 16.4. The van der Waals surface area contributed by atoms with Gasteiger partial charge in [-0.25, -0.2) is 9.36 Å². The molecule has 22 heavy (non-hydrogen) atoms. The first kappa shape index (κ1) is 15.7. The normalized spacial score (nSPS) is 10.2. The summed E-state index contributed by atoms with van der Waals surface area (Å²) in [5, 5.41) is 11.7. The predicted octanol–water partition coefficient (Wildman–Crippen LogP) is 2.48. The number of anilines is 1. The molecule has 0 saturated carbocycles. The summed E-state index contributed by atoms with van der Waals surface area (Å²) >= 11 is 0. The van der Waals surface area contributed by atoms with Gasteiger partial charge in [0, 0.05) is 25.0 Å². The van der Waals surface area contributed by atoms with E-state index < -0.39 is 5.97 Å². The Kier molecular flexibility index (Phi) is 5.65. The van der Waals surface area contributed by atoms with Crippen LogP contribution in [0.3, 0.4) is 0 Å². The molecule has 1 aromatic carbocycles. The number of carbonyl (C=O) groups is 2. The molecule has 0 spiro atoms. The van der Waals surface area contributed by atoms with Crippen LogP contribution in [0.2, 0.25) is 0 Å². The second-order valence-corrected chi connectivity index (χ2v) is 4.97. The zero-order valence-electron chi connectivity index (χ0n) is 12.2. The van der Waals surface area contributed by atoms with Gasteiger partial charge in [-0.1, -0.05) is 18.2 Å². The summed E-state index contributed by atoms with van der Waals surface area (Å²) in [5.74, 6) is -1.21. The maximum Gasteiger partial charge on any atom is 0.337 e. The lowest BCUT2D eigenvalue weighted by Crippen LogP contribution is -2.32. The molecule has 0 aliphatic carbocycles. The number of amides is 1. The van der Waals surface area contributed by atoms with Crippen molar-refractivity contribution in [1.82, 2.24) is 0 Å². The van der Waals surface area contributed by atoms with Crippen molar-refractivity contribution in [1.29, 1.82) is 0 Å². The van der Waals surface area contributed by atoms with Gasteiger partial charge in [0.25, 0.3) is 0 Å². The topological polar surface area (TPSA) is 70.3 Å². The van der Waals surface area contributed by atoms with Crippen molar-refractivity contribution in [3.05, 3.63) is 60.4 Å². The first-order valence-electron chi connectivity index (χ1n) is 7.23. The van der Waals surface area contributed by atoms with Crippen LogP contribution in [-0.2, 0) is 11.3 Å². The molecule has 0 saturated heterocycles. The number of nitrogens with zero attached hydrogens (tertiary/aromatic N) is 1. The van der Waals surface area contributed by atoms with Crippen LogP contribution in [0.5, 0.6) is 0 Å². The van der Waals surface area contributed by atoms with Crippen molar-refractivity contribution >= 4 is 17.6 Å². The van der Waals surface area contributed by atoms with Gasteiger partial charge in [-0.3, -0.25) is 4.79 Å². The van der Waals surface area contributed by atoms with Crippen molar-refractivity contribution in [2.24, 2.45) is 0 Å². The third-order valence-electron chi connectivity index (χ3n) is 3.28. The Bertz CT molecular complexity index is 641. The van der Waals surface area contributed by atoms with Gasteiger partial charge >= 0.3 is 5.97 Å². The van der Waals surface area contributed by atoms with E-state index in [0.717, 1.165) is 19.4 Å². The van der Waals surface area contributed by atoms with E-state index in [1.165, 1.54) is 6.07 Å². The summed E-state index contributed by atoms with van der Waals surface area (Å²) in [4.78, 5) is 23.0. The summed E-state index contributed by atoms with van der Waals surface area (Å²) in [6, 6.07) is 12.3. The number of benzene rings is 1. The van der Waals surface area contributed by atoms with Crippen LogP contribution in [0.15, 0.2) is 54.9 Å². The van der Waals surface area contributed by atoms with Crippen LogP contribution >= 0.6 is 0 Å². The number of aromatic carboxylic acids is 1. The van der Waals surface area contributed by atoms with Crippen LogP contribution < -0.4 is 9.88 Å². The molecule has 0 bridgehead atoms. The van der Waals surface area contributed by atoms with Crippen LogP contribution in [0.4, 0.5) is 5.69 Å². The lowest BCUT2D eigenvalue weighted by molar-refractivity contribution is -0.697. The minimum absolute atomic E-state index is 0.107. The van der Waals surface area contributed by atoms with Crippen molar-refractivity contribution in [3.63, 3.8) is 0 Å². The Hall–Kier alpha value is -2.69. The van der Waals surface area contributed by atoms with Gasteiger partial charge in [0.15, 0.2) is 12.4 Å². The van der Waals surface area contributed by atoms with E-state index in [1.807, 2.05) is 30.6 Å². The number of carboxylic acids is 1. The standard InChI is InChI=1S/C17H18N2O3/c20-16(10-4-7-13-19-11-5-1-6-12-19)18-15-9-3-2-8-14(15)17(21)22/h1-3,5-6,8-9,11-12H,4,7,10,13H2,(H-,18,20,21,22)/p+1. The maximum atomic E-state index is 11.9. The number of carboxylic acid groups (broad SMARTS) is 1. The molecule has 0 atom stereocenters. The van der Waals surface area contributed by atoms with E-state index in [4.69, 9.17) is 5.11 Å². The number of rotatable bonds is 7. The monoisotopic (exact) mass is 299 g/mol. The summed E-state index contributed by atoms with van der Waals surface area (Å²) in [6.45, 7) is 0.861. The fourth-order valence-corrected chi connectivity index (χ4v) is 2.15. The van der Waals surface area contributed by atoms with Gasteiger partial charge in [0.05, 0.1) is 11.3 Å². The van der Waals surface area contributed by atoms with E-state index >= 15 is 0 Å². The highest BCUT2D eigenvalue weighted by Crippen LogP contribution is 2.15. The summed E-state index contributed by atoms with van der Waals surface area (Å²) in [6.07, 6.45) is 6.00. The fraction of sp³-hybridized carbons (Fsp3) is 0.235. The number of pyridine rings is 1. The van der Waals surface area contributed by atoms with Crippen molar-refractivity contribution in [2.45, 2.75) is 25.8 Å². The zero-order valence-corrected chi connectivity index (χ0v) is 12.2. The second-order valence-electron chi connectivity index (χ2n) is 4.97. The van der Waals surface area contributed by atoms with E-state index in [1.54, 1.807) is 18.2 Å². The molecule has 2 N–H and O–H groups in total. The van der Waals surface area contributed by atoms with Crippen molar-refractivity contribution < 1.29 is 19.3 Å². The third kappa shape index (κ3) is 4.70. The minimum atomic E-state index is -1.05. The number of unbranched alkanes of at least 4 members (excludes halogenated alkanes) is 1. The molecule has 0 aliphatic heterocycles. The first-order valence-corrected chi connectivity index (χ1v) is 7.23. The van der Waals surface area contributed by atoms with Crippen molar-refractivity contribution in [3.8, 4) is 0 Å². The van der Waals surface area contributed by atoms with E-state index in [-0.39, 0.29) is 11.5 Å². The summed E-state index contributed by atoms with van der Waals surface area (Å²) in [5.41, 5.74) is 0.452. The molecule has 1 aromatic heterocycles. The predicted molar refractivity (Wildman–Crippen MR) is 82.5 cm³/mol. The number of aryl methyl sites for hydroxylation is 1. The highest BCUT2D eigenvalue weighted by Gasteiger charge is 2.11. The lowest BCUT2D eigenvalue weighted by atomic mass is 10.1. The van der Waals surface area contributed by atoms with Gasteiger partial charge in [-0.2, -0.15) is 0 Å². The number of hydrogen-bond acceptors (Lipinski definition) is 2. The fourth-order valence-electron chi connectivity index (χ4n) is 2.15. The maximum absolute atomic E-state index is 11.9. The van der Waals surface area contributed by atoms with Crippen LogP contribution in [0, 0.1) is 0 Å². The molecular formula is C17H19N2O3+. The molecule has 0 unspecified atom stereocenters. The second kappa shape index (κ2) is 7.93. The Morgan fingerprint density at radius 2 is 1.73 bits per heavy atom. The van der Waals surface area contributed by atoms with Crippen molar-refractivity contribution in [2.75, 3.05) is 5.32 Å². The number of aromatic nitrogens is 1. The third-order valence-corrected chi connectivity index (χ3v) is 3.28. The van der Waals surface area contributed by atoms with Crippen LogP contribution in [0.1, 0.15) is 29.6 Å². The van der Waals surface area contributed by atoms with Crippen LogP contribution in [-0.4, -0.2) is 17.0 Å². The van der Waals surface area contributed by atoms with E-state index in [2.05, 4.69) is 9.88 Å². The van der Waals surface area contributed by atoms with Crippen LogP contribution in [0.25, 0.3) is 0 Å².